The number of carbonyl (C=O) groups is 1. The molecule has 1 aliphatic heterocycles. The average Bonchev–Trinajstić information content (AvgIpc) is 3.39. The third kappa shape index (κ3) is 4.31. The van der Waals surface area contributed by atoms with Crippen molar-refractivity contribution in [3.8, 4) is 0 Å². The Morgan fingerprint density at radius 2 is 1.87 bits per heavy atom. The number of anilines is 1. The van der Waals surface area contributed by atoms with Gasteiger partial charge < -0.3 is 5.32 Å². The van der Waals surface area contributed by atoms with Crippen LogP contribution in [0.4, 0.5) is 18.9 Å². The lowest BCUT2D eigenvalue weighted by Crippen LogP contribution is -2.31. The second-order valence-electron chi connectivity index (χ2n) is 6.76. The van der Waals surface area contributed by atoms with Crippen LogP contribution in [-0.2, 0) is 10.0 Å². The lowest BCUT2D eigenvalue weighted by molar-refractivity contribution is 0.102. The standard InChI is InChI=1S/C19H15F3N4O3S2/c20-11-3-1-4-13(9-11)23-17(27)19-25-24-18(30-19)15-5-2-8-26(15)31(28,29)16-10-12(21)6-7-14(16)22/h1,3-4,6-7,9-10,15H,2,5,8H2,(H,23,27)/t15-/m0/s1. The molecule has 12 heteroatoms. The fourth-order valence-electron chi connectivity index (χ4n) is 3.29. The fourth-order valence-corrected chi connectivity index (χ4v) is 5.98. The van der Waals surface area contributed by atoms with Crippen LogP contribution in [0.15, 0.2) is 47.4 Å². The summed E-state index contributed by atoms with van der Waals surface area (Å²) in [6.07, 6.45) is 0.863. The van der Waals surface area contributed by atoms with Crippen molar-refractivity contribution in [2.45, 2.75) is 23.8 Å². The average molecular weight is 468 g/mol. The quantitative estimate of drug-likeness (QED) is 0.616. The van der Waals surface area contributed by atoms with Crippen molar-refractivity contribution in [1.82, 2.24) is 14.5 Å². The van der Waals surface area contributed by atoms with Crippen molar-refractivity contribution in [2.24, 2.45) is 0 Å². The van der Waals surface area contributed by atoms with E-state index in [1.165, 1.54) is 18.2 Å². The summed E-state index contributed by atoms with van der Waals surface area (Å²) in [7, 11) is -4.34. The number of nitrogens with one attached hydrogen (secondary N) is 1. The second kappa shape index (κ2) is 8.36. The van der Waals surface area contributed by atoms with Crippen LogP contribution in [-0.4, -0.2) is 35.4 Å². The number of nitrogens with zero attached hydrogens (tertiary/aromatic N) is 3. The molecule has 1 aliphatic rings. The zero-order chi connectivity index (χ0) is 22.2. The van der Waals surface area contributed by atoms with Crippen LogP contribution >= 0.6 is 11.3 Å². The summed E-state index contributed by atoms with van der Waals surface area (Å²) in [6, 6.07) is 6.77. The topological polar surface area (TPSA) is 92.3 Å². The summed E-state index contributed by atoms with van der Waals surface area (Å²) in [4.78, 5) is 11.6. The summed E-state index contributed by atoms with van der Waals surface area (Å²) in [5.41, 5.74) is 0.230. The predicted octanol–water partition coefficient (Wildman–Crippen LogP) is 3.73. The van der Waals surface area contributed by atoms with Gasteiger partial charge in [-0.2, -0.15) is 4.31 Å². The van der Waals surface area contributed by atoms with Gasteiger partial charge in [-0.05, 0) is 49.2 Å². The van der Waals surface area contributed by atoms with Gasteiger partial charge in [-0.25, -0.2) is 21.6 Å². The zero-order valence-corrected chi connectivity index (χ0v) is 17.4. The maximum absolute atomic E-state index is 14.1. The van der Waals surface area contributed by atoms with Crippen molar-refractivity contribution in [3.05, 3.63) is 69.9 Å². The minimum Gasteiger partial charge on any atom is -0.320 e. The molecule has 2 heterocycles. The van der Waals surface area contributed by atoms with E-state index < -0.39 is 44.3 Å². The van der Waals surface area contributed by atoms with Crippen molar-refractivity contribution in [3.63, 3.8) is 0 Å². The van der Waals surface area contributed by atoms with E-state index in [4.69, 9.17) is 0 Å². The largest absolute Gasteiger partial charge is 0.320 e. The lowest BCUT2D eigenvalue weighted by atomic mass is 10.2. The molecule has 1 fully saturated rings. The van der Waals surface area contributed by atoms with E-state index in [9.17, 15) is 26.4 Å². The SMILES string of the molecule is O=C(Nc1cccc(F)c1)c1nnc([C@@H]2CCCN2S(=O)(=O)c2cc(F)ccc2F)s1. The molecule has 0 radical (unpaired) electrons. The highest BCUT2D eigenvalue weighted by Gasteiger charge is 2.39. The van der Waals surface area contributed by atoms with E-state index in [0.717, 1.165) is 33.8 Å². The van der Waals surface area contributed by atoms with Gasteiger partial charge in [-0.1, -0.05) is 17.4 Å². The third-order valence-electron chi connectivity index (χ3n) is 4.69. The van der Waals surface area contributed by atoms with Crippen molar-refractivity contribution >= 4 is 33.0 Å². The van der Waals surface area contributed by atoms with Gasteiger partial charge in [0.05, 0.1) is 6.04 Å². The first-order valence-electron chi connectivity index (χ1n) is 9.13. The highest BCUT2D eigenvalue weighted by atomic mass is 32.2. The zero-order valence-electron chi connectivity index (χ0n) is 15.8. The summed E-state index contributed by atoms with van der Waals surface area (Å²) >= 11 is 0.882. The first kappa shape index (κ1) is 21.4. The van der Waals surface area contributed by atoms with E-state index in [-0.39, 0.29) is 22.2 Å². The highest BCUT2D eigenvalue weighted by Crippen LogP contribution is 2.38. The molecule has 4 rings (SSSR count). The van der Waals surface area contributed by atoms with Crippen LogP contribution in [0.1, 0.15) is 33.7 Å². The number of benzene rings is 2. The Balaban J connectivity index is 1.58. The fraction of sp³-hybridized carbons (Fsp3) is 0.211. The third-order valence-corrected chi connectivity index (χ3v) is 7.63. The van der Waals surface area contributed by atoms with E-state index in [2.05, 4.69) is 15.5 Å². The molecule has 0 bridgehead atoms. The van der Waals surface area contributed by atoms with Gasteiger partial charge in [0.15, 0.2) is 0 Å². The molecule has 7 nitrogen and oxygen atoms in total. The molecule has 2 aromatic carbocycles. The molecule has 0 spiro atoms. The van der Waals surface area contributed by atoms with Crippen molar-refractivity contribution in [2.75, 3.05) is 11.9 Å². The molecule has 0 saturated carbocycles. The molecule has 162 valence electrons. The maximum atomic E-state index is 14.1. The normalized spacial score (nSPS) is 17.1. The molecule has 1 atom stereocenters. The molecule has 1 N–H and O–H groups in total. The van der Waals surface area contributed by atoms with E-state index >= 15 is 0 Å². The van der Waals surface area contributed by atoms with Crippen LogP contribution in [0.3, 0.4) is 0 Å². The van der Waals surface area contributed by atoms with E-state index in [0.29, 0.717) is 18.9 Å². The Hall–Kier alpha value is -2.83. The molecular weight excluding hydrogens is 453 g/mol. The summed E-state index contributed by atoms with van der Waals surface area (Å²) in [5.74, 6) is -3.08. The monoisotopic (exact) mass is 468 g/mol. The molecule has 31 heavy (non-hydrogen) atoms. The predicted molar refractivity (Wildman–Crippen MR) is 106 cm³/mol. The van der Waals surface area contributed by atoms with Gasteiger partial charge in [-0.3, -0.25) is 4.79 Å². The number of aromatic nitrogens is 2. The Labute approximate surface area is 179 Å². The minimum atomic E-state index is -4.34. The molecule has 3 aromatic rings. The van der Waals surface area contributed by atoms with Gasteiger partial charge >= 0.3 is 0 Å². The van der Waals surface area contributed by atoms with E-state index in [1.54, 1.807) is 0 Å². The number of rotatable bonds is 5. The number of carbonyl (C=O) groups excluding carboxylic acids is 1. The molecule has 1 saturated heterocycles. The van der Waals surface area contributed by atoms with Gasteiger partial charge in [0.25, 0.3) is 5.91 Å². The molecular formula is C19H15F3N4O3S2. The first-order valence-corrected chi connectivity index (χ1v) is 11.4. The Bertz CT molecular complexity index is 1250. The van der Waals surface area contributed by atoms with Gasteiger partial charge in [0.1, 0.15) is 27.4 Å². The number of hydrogen-bond donors (Lipinski definition) is 1. The summed E-state index contributed by atoms with van der Waals surface area (Å²) in [6.45, 7) is 0.0906. The first-order chi connectivity index (χ1) is 14.8. The Morgan fingerprint density at radius 3 is 2.65 bits per heavy atom. The Morgan fingerprint density at radius 1 is 1.10 bits per heavy atom. The number of halogens is 3. The van der Waals surface area contributed by atoms with E-state index in [1.807, 2.05) is 0 Å². The van der Waals surface area contributed by atoms with Crippen molar-refractivity contribution < 1.29 is 26.4 Å². The molecule has 1 amide bonds. The molecule has 0 aliphatic carbocycles. The Kier molecular flexibility index (Phi) is 5.77. The highest BCUT2D eigenvalue weighted by molar-refractivity contribution is 7.89. The summed E-state index contributed by atoms with van der Waals surface area (Å²) in [5, 5.41) is 10.4. The molecule has 1 aromatic heterocycles. The number of sulfonamides is 1. The van der Waals surface area contributed by atoms with Crippen LogP contribution in [0.5, 0.6) is 0 Å². The van der Waals surface area contributed by atoms with Crippen LogP contribution in [0.25, 0.3) is 0 Å². The van der Waals surface area contributed by atoms with Crippen LogP contribution < -0.4 is 5.32 Å². The van der Waals surface area contributed by atoms with Gasteiger partial charge in [0, 0.05) is 12.2 Å². The van der Waals surface area contributed by atoms with Crippen LogP contribution in [0, 0.1) is 17.5 Å². The van der Waals surface area contributed by atoms with Crippen molar-refractivity contribution in [1.29, 1.82) is 0 Å². The maximum Gasteiger partial charge on any atom is 0.286 e. The lowest BCUT2D eigenvalue weighted by Gasteiger charge is -2.22. The van der Waals surface area contributed by atoms with Gasteiger partial charge in [0.2, 0.25) is 15.0 Å². The van der Waals surface area contributed by atoms with Gasteiger partial charge in [-0.15, -0.1) is 10.2 Å². The number of hydrogen-bond acceptors (Lipinski definition) is 6. The number of amides is 1. The van der Waals surface area contributed by atoms with Crippen LogP contribution in [0.2, 0.25) is 0 Å². The second-order valence-corrected chi connectivity index (χ2v) is 9.63. The summed E-state index contributed by atoms with van der Waals surface area (Å²) < 4.78 is 67.9. The molecule has 0 unspecified atom stereocenters. The minimum absolute atomic E-state index is 0.0413. The smallest absolute Gasteiger partial charge is 0.286 e.